The highest BCUT2D eigenvalue weighted by molar-refractivity contribution is 8.16. The van der Waals surface area contributed by atoms with Crippen LogP contribution < -0.4 is 14.4 Å². The topological polar surface area (TPSA) is 85.3 Å². The minimum absolute atomic E-state index is 0.0246. The van der Waals surface area contributed by atoms with E-state index in [1.54, 1.807) is 30.3 Å². The second-order valence-corrected chi connectivity index (χ2v) is 11.0. The first-order chi connectivity index (χ1) is 14.4. The van der Waals surface area contributed by atoms with Crippen molar-refractivity contribution >= 4 is 50.0 Å². The van der Waals surface area contributed by atoms with Crippen molar-refractivity contribution in [2.45, 2.75) is 17.7 Å². The van der Waals surface area contributed by atoms with Gasteiger partial charge < -0.3 is 14.4 Å². The van der Waals surface area contributed by atoms with E-state index in [1.165, 1.54) is 11.8 Å². The van der Waals surface area contributed by atoms with Crippen LogP contribution >= 0.6 is 23.4 Å². The fraction of sp³-hybridized carbons (Fsp3) is 0.300. The van der Waals surface area contributed by atoms with Gasteiger partial charge in [0.25, 0.3) is 5.91 Å². The molecule has 0 N–H and O–H groups in total. The molecule has 0 spiro atoms. The van der Waals surface area contributed by atoms with E-state index in [9.17, 15) is 13.2 Å². The number of amidine groups is 1. The Morgan fingerprint density at radius 1 is 1.17 bits per heavy atom. The first-order valence-corrected chi connectivity index (χ1v) is 12.4. The van der Waals surface area contributed by atoms with Crippen molar-refractivity contribution in [3.8, 4) is 11.5 Å². The van der Waals surface area contributed by atoms with Gasteiger partial charge in [-0.15, -0.1) is 0 Å². The number of anilines is 1. The molecule has 156 valence electrons. The van der Waals surface area contributed by atoms with Crippen LogP contribution in [0.25, 0.3) is 0 Å². The number of aliphatic imine (C=N–C) groups is 1. The number of hydrogen-bond donors (Lipinski definition) is 0. The Hall–Kier alpha value is -2.23. The minimum Gasteiger partial charge on any atom is -0.454 e. The normalized spacial score (nSPS) is 25.0. The Bertz CT molecular complexity index is 1170. The molecular weight excluding hydrogens is 448 g/mol. The molecule has 2 saturated heterocycles. The zero-order valence-corrected chi connectivity index (χ0v) is 18.0. The van der Waals surface area contributed by atoms with Gasteiger partial charge in [0.1, 0.15) is 0 Å². The van der Waals surface area contributed by atoms with Crippen LogP contribution in [0.1, 0.15) is 5.56 Å². The number of carbonyl (C=O) groups excluding carboxylic acids is 1. The molecule has 0 bridgehead atoms. The molecule has 3 aliphatic heterocycles. The number of fused-ring (bicyclic) bond motifs is 2. The molecule has 2 aromatic rings. The van der Waals surface area contributed by atoms with Crippen LogP contribution in [-0.2, 0) is 21.1 Å². The molecule has 2 aromatic carbocycles. The van der Waals surface area contributed by atoms with Crippen LogP contribution in [0.15, 0.2) is 47.5 Å². The summed E-state index contributed by atoms with van der Waals surface area (Å²) in [5, 5.41) is 0.837. The summed E-state index contributed by atoms with van der Waals surface area (Å²) in [5.41, 5.74) is 1.43. The van der Waals surface area contributed by atoms with Gasteiger partial charge in [-0.1, -0.05) is 41.6 Å². The van der Waals surface area contributed by atoms with Crippen molar-refractivity contribution < 1.29 is 22.7 Å². The summed E-state index contributed by atoms with van der Waals surface area (Å²) in [6.45, 7) is 0.144. The number of nitrogens with zero attached hydrogens (tertiary/aromatic N) is 2. The summed E-state index contributed by atoms with van der Waals surface area (Å²) in [7, 11) is -3.14. The SMILES string of the molecule is O=C(Cc1ccccc1Cl)N=C1S[C@@H]2CS(=O)(=O)C[C@H]2N1c1ccc2c(c1)OCO2. The standard InChI is InChI=1S/C20H17ClN2O5S2/c21-14-4-2-1-3-12(14)7-19(24)22-20-23(15-9-30(25,26)10-18(15)29-20)13-5-6-16-17(8-13)28-11-27-16/h1-6,8,15,18H,7,9-11H2/t15-,18-/m1/s1. The second kappa shape index (κ2) is 7.47. The largest absolute Gasteiger partial charge is 0.454 e. The van der Waals surface area contributed by atoms with Gasteiger partial charge >= 0.3 is 0 Å². The average molecular weight is 465 g/mol. The zero-order chi connectivity index (χ0) is 20.9. The molecule has 3 aliphatic rings. The summed E-state index contributed by atoms with van der Waals surface area (Å²) in [5.74, 6) is 0.981. The van der Waals surface area contributed by atoms with Crippen molar-refractivity contribution in [1.82, 2.24) is 0 Å². The van der Waals surface area contributed by atoms with E-state index in [0.29, 0.717) is 27.3 Å². The molecule has 7 nitrogen and oxygen atoms in total. The monoisotopic (exact) mass is 464 g/mol. The van der Waals surface area contributed by atoms with Crippen LogP contribution in [-0.4, -0.2) is 49.1 Å². The van der Waals surface area contributed by atoms with Gasteiger partial charge in [0.2, 0.25) is 6.79 Å². The molecule has 0 unspecified atom stereocenters. The molecule has 2 fully saturated rings. The van der Waals surface area contributed by atoms with E-state index >= 15 is 0 Å². The molecule has 0 aliphatic carbocycles. The Balaban J connectivity index is 1.48. The van der Waals surface area contributed by atoms with Crippen molar-refractivity contribution in [2.24, 2.45) is 4.99 Å². The molecule has 0 aromatic heterocycles. The summed E-state index contributed by atoms with van der Waals surface area (Å²) in [4.78, 5) is 18.9. The van der Waals surface area contributed by atoms with Crippen LogP contribution in [0, 0.1) is 0 Å². The van der Waals surface area contributed by atoms with Gasteiger partial charge in [0, 0.05) is 22.0 Å². The molecule has 2 atom stereocenters. The summed E-state index contributed by atoms with van der Waals surface area (Å²) in [6.07, 6.45) is 0.0757. The lowest BCUT2D eigenvalue weighted by Gasteiger charge is -2.24. The number of benzene rings is 2. The van der Waals surface area contributed by atoms with Crippen molar-refractivity contribution in [1.29, 1.82) is 0 Å². The third kappa shape index (κ3) is 3.66. The predicted octanol–water partition coefficient (Wildman–Crippen LogP) is 2.91. The lowest BCUT2D eigenvalue weighted by molar-refractivity contribution is -0.117. The highest BCUT2D eigenvalue weighted by Crippen LogP contribution is 2.44. The Kier molecular flexibility index (Phi) is 4.91. The van der Waals surface area contributed by atoms with Gasteiger partial charge in [-0.2, -0.15) is 4.99 Å². The second-order valence-electron chi connectivity index (χ2n) is 7.26. The molecule has 3 heterocycles. The molecule has 30 heavy (non-hydrogen) atoms. The number of amides is 1. The van der Waals surface area contributed by atoms with E-state index in [2.05, 4.69) is 4.99 Å². The average Bonchev–Trinajstić information content (AvgIpc) is 3.34. The molecule has 10 heteroatoms. The van der Waals surface area contributed by atoms with E-state index in [1.807, 2.05) is 17.0 Å². The Morgan fingerprint density at radius 2 is 1.97 bits per heavy atom. The van der Waals surface area contributed by atoms with Crippen LogP contribution in [0.3, 0.4) is 0 Å². The molecule has 5 rings (SSSR count). The zero-order valence-electron chi connectivity index (χ0n) is 15.7. The van der Waals surface area contributed by atoms with Gasteiger partial charge in [-0.3, -0.25) is 4.79 Å². The first-order valence-electron chi connectivity index (χ1n) is 9.30. The van der Waals surface area contributed by atoms with Crippen molar-refractivity contribution in [2.75, 3.05) is 23.2 Å². The van der Waals surface area contributed by atoms with Gasteiger partial charge in [0.05, 0.1) is 24.0 Å². The number of rotatable bonds is 3. The quantitative estimate of drug-likeness (QED) is 0.690. The van der Waals surface area contributed by atoms with Crippen molar-refractivity contribution in [3.05, 3.63) is 53.1 Å². The molecule has 0 saturated carbocycles. The lowest BCUT2D eigenvalue weighted by Crippen LogP contribution is -2.37. The number of carbonyl (C=O) groups is 1. The molecule has 1 amide bonds. The number of halogens is 1. The summed E-state index contributed by atoms with van der Waals surface area (Å²) in [6, 6.07) is 12.3. The first kappa shape index (κ1) is 19.7. The maximum absolute atomic E-state index is 12.7. The maximum Gasteiger partial charge on any atom is 0.252 e. The third-order valence-electron chi connectivity index (χ3n) is 5.22. The fourth-order valence-corrected chi connectivity index (χ4v) is 7.99. The highest BCUT2D eigenvalue weighted by Gasteiger charge is 2.49. The van der Waals surface area contributed by atoms with E-state index in [0.717, 1.165) is 5.69 Å². The van der Waals surface area contributed by atoms with Crippen molar-refractivity contribution in [3.63, 3.8) is 0 Å². The summed E-state index contributed by atoms with van der Waals surface area (Å²) >= 11 is 7.50. The van der Waals surface area contributed by atoms with Crippen LogP contribution in [0.4, 0.5) is 5.69 Å². The van der Waals surface area contributed by atoms with Crippen LogP contribution in [0.2, 0.25) is 5.02 Å². The minimum atomic E-state index is -3.14. The number of hydrogen-bond acceptors (Lipinski definition) is 6. The number of thioether (sulfide) groups is 1. The Morgan fingerprint density at radius 3 is 2.80 bits per heavy atom. The maximum atomic E-state index is 12.7. The predicted molar refractivity (Wildman–Crippen MR) is 116 cm³/mol. The van der Waals surface area contributed by atoms with E-state index < -0.39 is 9.84 Å². The molecular formula is C20H17ClN2O5S2. The summed E-state index contributed by atoms with van der Waals surface area (Å²) < 4.78 is 35.2. The Labute approximate surface area is 182 Å². The fourth-order valence-electron chi connectivity index (χ4n) is 3.85. The van der Waals surface area contributed by atoms with Gasteiger partial charge in [0.15, 0.2) is 26.5 Å². The smallest absolute Gasteiger partial charge is 0.252 e. The van der Waals surface area contributed by atoms with Gasteiger partial charge in [-0.25, -0.2) is 8.42 Å². The molecule has 0 radical (unpaired) electrons. The van der Waals surface area contributed by atoms with E-state index in [4.69, 9.17) is 21.1 Å². The van der Waals surface area contributed by atoms with E-state index in [-0.39, 0.29) is 41.9 Å². The number of ether oxygens (including phenoxy) is 2. The third-order valence-corrected chi connectivity index (χ3v) is 8.80. The van der Waals surface area contributed by atoms with Crippen LogP contribution in [0.5, 0.6) is 11.5 Å². The highest BCUT2D eigenvalue weighted by atomic mass is 35.5. The lowest BCUT2D eigenvalue weighted by atomic mass is 10.1. The number of sulfone groups is 1. The van der Waals surface area contributed by atoms with Gasteiger partial charge in [-0.05, 0) is 23.8 Å².